The summed E-state index contributed by atoms with van der Waals surface area (Å²) in [5.41, 5.74) is 8.16. The Labute approximate surface area is 194 Å². The molecule has 1 saturated heterocycles. The van der Waals surface area contributed by atoms with E-state index >= 15 is 0 Å². The molecule has 0 radical (unpaired) electrons. The van der Waals surface area contributed by atoms with Crippen molar-refractivity contribution in [3.8, 4) is 0 Å². The number of carbonyl (C=O) groups is 1. The quantitative estimate of drug-likeness (QED) is 0.579. The maximum absolute atomic E-state index is 10.8. The molecule has 0 atom stereocenters. The van der Waals surface area contributed by atoms with Gasteiger partial charge in [0.25, 0.3) is 0 Å². The van der Waals surface area contributed by atoms with Crippen molar-refractivity contribution in [3.63, 3.8) is 0 Å². The zero-order valence-electron chi connectivity index (χ0n) is 19.7. The highest BCUT2D eigenvalue weighted by molar-refractivity contribution is 7.19. The van der Waals surface area contributed by atoms with Crippen LogP contribution in [0.2, 0.25) is 0 Å². The van der Waals surface area contributed by atoms with Gasteiger partial charge in [0.1, 0.15) is 5.00 Å². The Bertz CT molecular complexity index is 1010. The molecule has 4 rings (SSSR count). The number of amides is 1. The number of hydrogen-bond donors (Lipinski definition) is 2. The van der Waals surface area contributed by atoms with E-state index in [1.165, 1.54) is 29.8 Å². The molecule has 0 spiro atoms. The van der Waals surface area contributed by atoms with Gasteiger partial charge in [0, 0.05) is 37.5 Å². The number of nitrogens with two attached hydrogens (primary N) is 1. The number of carbonyl (C=O) groups excluding carboxylic acids is 1. The minimum atomic E-state index is -0.375. The predicted octanol–water partition coefficient (Wildman–Crippen LogP) is 5.00. The van der Waals surface area contributed by atoms with Gasteiger partial charge in [-0.1, -0.05) is 44.2 Å². The lowest BCUT2D eigenvalue weighted by Crippen LogP contribution is -2.28. The van der Waals surface area contributed by atoms with Crippen LogP contribution in [-0.2, 0) is 12.5 Å². The summed E-state index contributed by atoms with van der Waals surface area (Å²) in [6.45, 7) is 10.7. The summed E-state index contributed by atoms with van der Waals surface area (Å²) in [7, 11) is 1.95. The molecule has 0 bridgehead atoms. The van der Waals surface area contributed by atoms with Crippen LogP contribution in [0.5, 0.6) is 0 Å². The van der Waals surface area contributed by atoms with Crippen molar-refractivity contribution < 1.29 is 4.79 Å². The smallest absolute Gasteiger partial charge is 0.248 e. The fourth-order valence-electron chi connectivity index (χ4n) is 3.45. The Balaban J connectivity index is 0.000000195. The van der Waals surface area contributed by atoms with Crippen molar-refractivity contribution in [1.29, 1.82) is 0 Å². The van der Waals surface area contributed by atoms with E-state index in [0.29, 0.717) is 5.56 Å². The number of benzene rings is 1. The van der Waals surface area contributed by atoms with E-state index < -0.39 is 0 Å². The van der Waals surface area contributed by atoms with Crippen LogP contribution in [0.25, 0.3) is 0 Å². The van der Waals surface area contributed by atoms with E-state index in [9.17, 15) is 4.79 Å². The van der Waals surface area contributed by atoms with Gasteiger partial charge in [-0.15, -0.1) is 0 Å². The number of hydrogen-bond acceptors (Lipinski definition) is 6. The van der Waals surface area contributed by atoms with Crippen molar-refractivity contribution >= 4 is 33.2 Å². The topological polar surface area (TPSA) is 89.1 Å². The van der Waals surface area contributed by atoms with Gasteiger partial charge in [0.15, 0.2) is 10.9 Å². The van der Waals surface area contributed by atoms with E-state index in [4.69, 9.17) is 5.73 Å². The summed E-state index contributed by atoms with van der Waals surface area (Å²) >= 11 is 1.70. The molecule has 1 aliphatic rings. The number of rotatable bonds is 4. The first kappa shape index (κ1) is 23.8. The molecular weight excluding hydrogens is 420 g/mol. The summed E-state index contributed by atoms with van der Waals surface area (Å²) in [5.74, 6) is 0.486. The van der Waals surface area contributed by atoms with Crippen molar-refractivity contribution in [2.24, 2.45) is 12.8 Å². The van der Waals surface area contributed by atoms with Crippen molar-refractivity contribution in [2.75, 3.05) is 23.3 Å². The van der Waals surface area contributed by atoms with E-state index in [1.807, 2.05) is 43.0 Å². The molecule has 7 nitrogen and oxygen atoms in total. The maximum Gasteiger partial charge on any atom is 0.248 e. The van der Waals surface area contributed by atoms with Crippen LogP contribution in [0.1, 0.15) is 61.6 Å². The molecule has 172 valence electrons. The number of primary amides is 1. The molecule has 2 aromatic heterocycles. The van der Waals surface area contributed by atoms with Gasteiger partial charge < -0.3 is 16.0 Å². The second kappa shape index (κ2) is 10.2. The number of aromatic nitrogens is 3. The fraction of sp³-hybridized carbons (Fsp3) is 0.458. The number of aryl methyl sites for hydroxylation is 2. The van der Waals surface area contributed by atoms with E-state index in [0.717, 1.165) is 29.7 Å². The molecule has 0 unspecified atom stereocenters. The van der Waals surface area contributed by atoms with Crippen LogP contribution in [0.4, 0.5) is 16.0 Å². The average Bonchev–Trinajstić information content (AvgIpc) is 3.35. The number of anilines is 3. The summed E-state index contributed by atoms with van der Waals surface area (Å²) in [5, 5.41) is 9.83. The van der Waals surface area contributed by atoms with Crippen molar-refractivity contribution in [1.82, 2.24) is 14.8 Å². The molecule has 1 amide bonds. The van der Waals surface area contributed by atoms with E-state index in [2.05, 4.69) is 41.1 Å². The Kier molecular flexibility index (Phi) is 7.56. The highest BCUT2D eigenvalue weighted by Gasteiger charge is 2.15. The maximum atomic E-state index is 10.8. The summed E-state index contributed by atoms with van der Waals surface area (Å²) in [4.78, 5) is 17.7. The zero-order valence-corrected chi connectivity index (χ0v) is 20.5. The molecule has 1 fully saturated rings. The molecule has 32 heavy (non-hydrogen) atoms. The Morgan fingerprint density at radius 3 is 2.31 bits per heavy atom. The van der Waals surface area contributed by atoms with Gasteiger partial charge in [0.2, 0.25) is 5.91 Å². The number of nitrogens with one attached hydrogen (secondary N) is 1. The Morgan fingerprint density at radius 2 is 1.78 bits per heavy atom. The molecule has 3 heterocycles. The average molecular weight is 455 g/mol. The van der Waals surface area contributed by atoms with E-state index in [-0.39, 0.29) is 11.3 Å². The third-order valence-corrected chi connectivity index (χ3v) is 6.52. The largest absolute Gasteiger partial charge is 0.366 e. The number of nitrogens with zero attached hydrogens (tertiary/aromatic N) is 4. The van der Waals surface area contributed by atoms with Crippen LogP contribution in [-0.4, -0.2) is 33.8 Å². The van der Waals surface area contributed by atoms with E-state index in [1.54, 1.807) is 23.5 Å². The minimum Gasteiger partial charge on any atom is -0.366 e. The lowest BCUT2D eigenvalue weighted by atomic mass is 9.87. The standard InChI is InChI=1S/C13H19N5S.C11H15NO/c1-10-8-11(16-17(10)2)15-13-14-9-12(19-13)18-6-4-3-5-7-18;1-11(2,3)9-6-4-8(5-7-9)10(12)13/h8-9H,3-7H2,1-2H3,(H,14,15,16);4-7H,1-3H3,(H2,12,13). The van der Waals surface area contributed by atoms with Gasteiger partial charge in [0.05, 0.1) is 6.20 Å². The summed E-state index contributed by atoms with van der Waals surface area (Å²) < 4.78 is 1.86. The molecule has 3 aromatic rings. The molecule has 1 aromatic carbocycles. The third-order valence-electron chi connectivity index (χ3n) is 5.55. The fourth-order valence-corrected chi connectivity index (χ4v) is 4.33. The third kappa shape index (κ3) is 6.32. The Morgan fingerprint density at radius 1 is 1.12 bits per heavy atom. The lowest BCUT2D eigenvalue weighted by molar-refractivity contribution is 0.1000. The second-order valence-electron chi connectivity index (χ2n) is 9.16. The first-order chi connectivity index (χ1) is 15.1. The first-order valence-electron chi connectivity index (χ1n) is 11.0. The predicted molar refractivity (Wildman–Crippen MR) is 133 cm³/mol. The summed E-state index contributed by atoms with van der Waals surface area (Å²) in [6, 6.07) is 9.45. The van der Waals surface area contributed by atoms with Gasteiger partial charge in [-0.3, -0.25) is 9.48 Å². The van der Waals surface area contributed by atoms with Crippen LogP contribution < -0.4 is 16.0 Å². The van der Waals surface area contributed by atoms with Crippen molar-refractivity contribution in [2.45, 2.75) is 52.4 Å². The molecule has 0 aliphatic carbocycles. The van der Waals surface area contributed by atoms with Crippen LogP contribution in [0, 0.1) is 6.92 Å². The Hall–Kier alpha value is -2.87. The van der Waals surface area contributed by atoms with Crippen LogP contribution in [0.3, 0.4) is 0 Å². The van der Waals surface area contributed by atoms with Gasteiger partial charge in [-0.25, -0.2) is 4.98 Å². The molecule has 8 heteroatoms. The second-order valence-corrected chi connectivity index (χ2v) is 10.2. The molecule has 1 aliphatic heterocycles. The van der Waals surface area contributed by atoms with Crippen molar-refractivity contribution in [3.05, 3.63) is 53.3 Å². The SMILES string of the molecule is CC(C)(C)c1ccc(C(N)=O)cc1.Cc1cc(Nc2ncc(N3CCCCC3)s2)nn1C. The lowest BCUT2D eigenvalue weighted by Gasteiger charge is -2.26. The van der Waals surface area contributed by atoms with Crippen LogP contribution >= 0.6 is 11.3 Å². The van der Waals surface area contributed by atoms with Gasteiger partial charge >= 0.3 is 0 Å². The highest BCUT2D eigenvalue weighted by Crippen LogP contribution is 2.30. The normalized spacial score (nSPS) is 14.0. The van der Waals surface area contributed by atoms with Crippen LogP contribution in [0.15, 0.2) is 36.5 Å². The molecule has 0 saturated carbocycles. The number of piperidine rings is 1. The molecule has 3 N–H and O–H groups in total. The monoisotopic (exact) mass is 454 g/mol. The molecular formula is C24H34N6OS. The zero-order chi connectivity index (χ0) is 23.3. The van der Waals surface area contributed by atoms with Gasteiger partial charge in [-0.2, -0.15) is 5.10 Å². The summed E-state index contributed by atoms with van der Waals surface area (Å²) in [6.07, 6.45) is 5.90. The first-order valence-corrected chi connectivity index (χ1v) is 11.8. The number of thiazole rings is 1. The minimum absolute atomic E-state index is 0.121. The van der Waals surface area contributed by atoms with Gasteiger partial charge in [-0.05, 0) is 49.3 Å². The highest BCUT2D eigenvalue weighted by atomic mass is 32.1.